The Balaban J connectivity index is 1.66. The third-order valence-corrected chi connectivity index (χ3v) is 6.03. The number of carbonyl (C=O) groups is 3. The van der Waals surface area contributed by atoms with Crippen molar-refractivity contribution >= 4 is 58.3 Å². The summed E-state index contributed by atoms with van der Waals surface area (Å²) in [7, 11) is 0. The number of hydrogen-bond acceptors (Lipinski definition) is 6. The van der Waals surface area contributed by atoms with Gasteiger partial charge in [0.05, 0.1) is 17.1 Å². The third kappa shape index (κ3) is 4.38. The smallest absolute Gasteiger partial charge is 0.294 e. The van der Waals surface area contributed by atoms with Crippen molar-refractivity contribution in [3.05, 3.63) is 39.8 Å². The first-order chi connectivity index (χ1) is 11.9. The zero-order chi connectivity index (χ0) is 18.0. The number of imide groups is 1. The van der Waals surface area contributed by atoms with E-state index in [2.05, 4.69) is 5.32 Å². The van der Waals surface area contributed by atoms with Crippen molar-refractivity contribution in [3.63, 3.8) is 0 Å². The molecule has 2 aliphatic rings. The molecule has 3 rings (SSSR count). The van der Waals surface area contributed by atoms with Crippen molar-refractivity contribution in [2.45, 2.75) is 12.1 Å². The van der Waals surface area contributed by atoms with E-state index in [1.807, 2.05) is 0 Å². The van der Waals surface area contributed by atoms with Gasteiger partial charge in [0.2, 0.25) is 5.91 Å². The first kappa shape index (κ1) is 18.3. The SMILES string of the molecule is O=C(CN1C(=O)SC(=Cc2cccc(Cl)c2)C1=O)NC1CSCC1O. The van der Waals surface area contributed by atoms with Gasteiger partial charge in [0.1, 0.15) is 6.54 Å². The van der Waals surface area contributed by atoms with Gasteiger partial charge in [-0.3, -0.25) is 19.3 Å². The maximum Gasteiger partial charge on any atom is 0.294 e. The van der Waals surface area contributed by atoms with E-state index < -0.39 is 23.2 Å². The average Bonchev–Trinajstić information content (AvgIpc) is 3.06. The number of halogens is 1. The van der Waals surface area contributed by atoms with Gasteiger partial charge in [-0.2, -0.15) is 11.8 Å². The van der Waals surface area contributed by atoms with Crippen molar-refractivity contribution in [1.82, 2.24) is 10.2 Å². The van der Waals surface area contributed by atoms with Crippen LogP contribution < -0.4 is 5.32 Å². The Labute approximate surface area is 158 Å². The number of nitrogens with one attached hydrogen (secondary N) is 1. The number of aliphatic hydroxyl groups is 1. The Morgan fingerprint density at radius 1 is 1.40 bits per heavy atom. The van der Waals surface area contributed by atoms with Crippen LogP contribution in [-0.2, 0) is 9.59 Å². The van der Waals surface area contributed by atoms with Gasteiger partial charge in [-0.1, -0.05) is 23.7 Å². The molecule has 3 amide bonds. The molecule has 0 aromatic heterocycles. The number of benzene rings is 1. The van der Waals surface area contributed by atoms with E-state index in [0.717, 1.165) is 16.7 Å². The monoisotopic (exact) mass is 398 g/mol. The number of hydrogen-bond donors (Lipinski definition) is 2. The Morgan fingerprint density at radius 2 is 2.20 bits per heavy atom. The summed E-state index contributed by atoms with van der Waals surface area (Å²) in [6.45, 7) is -0.356. The van der Waals surface area contributed by atoms with Crippen LogP contribution in [0.1, 0.15) is 5.56 Å². The maximum absolute atomic E-state index is 12.4. The van der Waals surface area contributed by atoms with Crippen LogP contribution in [0, 0.1) is 0 Å². The number of rotatable bonds is 4. The molecule has 0 aliphatic carbocycles. The summed E-state index contributed by atoms with van der Waals surface area (Å²) >= 11 is 8.24. The molecule has 132 valence electrons. The van der Waals surface area contributed by atoms with E-state index in [-0.39, 0.29) is 17.5 Å². The Bertz CT molecular complexity index is 755. The average molecular weight is 399 g/mol. The van der Waals surface area contributed by atoms with E-state index in [0.29, 0.717) is 22.1 Å². The highest BCUT2D eigenvalue weighted by molar-refractivity contribution is 8.18. The van der Waals surface area contributed by atoms with E-state index in [1.165, 1.54) is 0 Å². The van der Waals surface area contributed by atoms with Crippen molar-refractivity contribution in [2.75, 3.05) is 18.1 Å². The minimum Gasteiger partial charge on any atom is -0.390 e. The molecule has 0 radical (unpaired) electrons. The molecule has 1 aromatic carbocycles. The zero-order valence-electron chi connectivity index (χ0n) is 13.0. The fraction of sp³-hybridized carbons (Fsp3) is 0.312. The number of thioether (sulfide) groups is 2. The molecule has 2 fully saturated rings. The number of aliphatic hydroxyl groups excluding tert-OH is 1. The zero-order valence-corrected chi connectivity index (χ0v) is 15.4. The molecule has 9 heteroatoms. The second-order valence-corrected chi connectivity index (χ2v) is 8.11. The van der Waals surface area contributed by atoms with E-state index >= 15 is 0 Å². The minimum atomic E-state index is -0.605. The fourth-order valence-corrected chi connectivity index (χ4v) is 4.67. The lowest BCUT2D eigenvalue weighted by Gasteiger charge is -2.18. The largest absolute Gasteiger partial charge is 0.390 e. The Hall–Kier alpha value is -1.48. The van der Waals surface area contributed by atoms with Crippen molar-refractivity contribution < 1.29 is 19.5 Å². The lowest BCUT2D eigenvalue weighted by atomic mass is 10.2. The second-order valence-electron chi connectivity index (χ2n) is 5.60. The first-order valence-electron chi connectivity index (χ1n) is 7.50. The first-order valence-corrected chi connectivity index (χ1v) is 9.85. The summed E-state index contributed by atoms with van der Waals surface area (Å²) < 4.78 is 0. The van der Waals surface area contributed by atoms with E-state index in [9.17, 15) is 19.5 Å². The predicted octanol–water partition coefficient (Wildman–Crippen LogP) is 1.97. The van der Waals surface area contributed by atoms with Gasteiger partial charge in [0, 0.05) is 16.5 Å². The molecular weight excluding hydrogens is 384 g/mol. The maximum atomic E-state index is 12.4. The molecule has 6 nitrogen and oxygen atoms in total. The normalized spacial score (nSPS) is 25.0. The topological polar surface area (TPSA) is 86.7 Å². The predicted molar refractivity (Wildman–Crippen MR) is 99.4 cm³/mol. The highest BCUT2D eigenvalue weighted by atomic mass is 35.5. The van der Waals surface area contributed by atoms with Crippen molar-refractivity contribution in [1.29, 1.82) is 0 Å². The number of amides is 3. The summed E-state index contributed by atoms with van der Waals surface area (Å²) in [6, 6.07) is 6.56. The molecule has 2 atom stereocenters. The fourth-order valence-electron chi connectivity index (χ4n) is 2.46. The van der Waals surface area contributed by atoms with Gasteiger partial charge >= 0.3 is 0 Å². The van der Waals surface area contributed by atoms with Gasteiger partial charge < -0.3 is 10.4 Å². The van der Waals surface area contributed by atoms with Crippen LogP contribution in [-0.4, -0.2) is 57.3 Å². The highest BCUT2D eigenvalue weighted by Gasteiger charge is 2.37. The van der Waals surface area contributed by atoms with Crippen LogP contribution in [0.25, 0.3) is 6.08 Å². The van der Waals surface area contributed by atoms with Crippen LogP contribution in [0.5, 0.6) is 0 Å². The number of nitrogens with zero attached hydrogens (tertiary/aromatic N) is 1. The molecule has 2 saturated heterocycles. The van der Waals surface area contributed by atoms with Crippen LogP contribution in [0.3, 0.4) is 0 Å². The molecule has 2 heterocycles. The quantitative estimate of drug-likeness (QED) is 0.754. The van der Waals surface area contributed by atoms with Gasteiger partial charge in [-0.25, -0.2) is 0 Å². The lowest BCUT2D eigenvalue weighted by molar-refractivity contribution is -0.129. The van der Waals surface area contributed by atoms with Crippen molar-refractivity contribution in [2.24, 2.45) is 0 Å². The second kappa shape index (κ2) is 7.82. The molecule has 0 saturated carbocycles. The molecule has 2 aliphatic heterocycles. The third-order valence-electron chi connectivity index (χ3n) is 3.72. The molecule has 0 spiro atoms. The van der Waals surface area contributed by atoms with Crippen LogP contribution >= 0.6 is 35.1 Å². The summed E-state index contributed by atoms with van der Waals surface area (Å²) in [5.41, 5.74) is 0.702. The van der Waals surface area contributed by atoms with E-state index in [1.54, 1.807) is 42.1 Å². The summed E-state index contributed by atoms with van der Waals surface area (Å²) in [6.07, 6.45) is 0.970. The van der Waals surface area contributed by atoms with Gasteiger partial charge in [-0.05, 0) is 35.5 Å². The summed E-state index contributed by atoms with van der Waals surface area (Å²) in [5.74, 6) is 0.211. The highest BCUT2D eigenvalue weighted by Crippen LogP contribution is 2.32. The summed E-state index contributed by atoms with van der Waals surface area (Å²) in [4.78, 5) is 37.7. The molecule has 2 N–H and O–H groups in total. The minimum absolute atomic E-state index is 0.247. The lowest BCUT2D eigenvalue weighted by Crippen LogP contribution is -2.47. The van der Waals surface area contributed by atoms with Gasteiger partial charge in [0.25, 0.3) is 11.1 Å². The Morgan fingerprint density at radius 3 is 2.88 bits per heavy atom. The number of carbonyl (C=O) groups excluding carboxylic acids is 3. The molecular formula is C16H15ClN2O4S2. The van der Waals surface area contributed by atoms with Crippen LogP contribution in [0.4, 0.5) is 4.79 Å². The van der Waals surface area contributed by atoms with Crippen LogP contribution in [0.2, 0.25) is 5.02 Å². The van der Waals surface area contributed by atoms with Crippen molar-refractivity contribution in [3.8, 4) is 0 Å². The molecule has 2 unspecified atom stereocenters. The molecule has 1 aromatic rings. The van der Waals surface area contributed by atoms with Gasteiger partial charge in [0.15, 0.2) is 0 Å². The van der Waals surface area contributed by atoms with E-state index in [4.69, 9.17) is 11.6 Å². The van der Waals surface area contributed by atoms with Gasteiger partial charge in [-0.15, -0.1) is 0 Å². The standard InChI is InChI=1S/C16H15ClN2O4S2/c17-10-3-1-2-9(4-10)5-13-15(22)19(16(23)25-13)6-14(21)18-11-7-24-8-12(11)20/h1-5,11-12,20H,6-8H2,(H,18,21). The molecule has 25 heavy (non-hydrogen) atoms. The van der Waals surface area contributed by atoms with Crippen LogP contribution in [0.15, 0.2) is 29.2 Å². The Kier molecular flexibility index (Phi) is 5.73. The summed E-state index contributed by atoms with van der Waals surface area (Å²) in [5, 5.41) is 12.4. The molecule has 0 bridgehead atoms.